The summed E-state index contributed by atoms with van der Waals surface area (Å²) in [6, 6.07) is 2.06. The predicted molar refractivity (Wildman–Crippen MR) is 38.3 cm³/mol. The van der Waals surface area contributed by atoms with Crippen LogP contribution in [0.15, 0.2) is 18.3 Å². The van der Waals surface area contributed by atoms with Crippen molar-refractivity contribution >= 4 is 0 Å². The molecule has 0 aliphatic carbocycles. The Balaban J connectivity index is 3.13. The number of ether oxygens (including phenoxy) is 1. The van der Waals surface area contributed by atoms with Crippen molar-refractivity contribution in [3.63, 3.8) is 0 Å². The van der Waals surface area contributed by atoms with Gasteiger partial charge in [-0.25, -0.2) is 5.84 Å². The van der Waals surface area contributed by atoms with Crippen LogP contribution in [0.4, 0.5) is 13.2 Å². The summed E-state index contributed by atoms with van der Waals surface area (Å²) in [6.45, 7) is 0. The van der Waals surface area contributed by atoms with E-state index in [1.807, 2.05) is 0 Å². The van der Waals surface area contributed by atoms with E-state index >= 15 is 0 Å². The molecule has 0 saturated carbocycles. The summed E-state index contributed by atoms with van der Waals surface area (Å²) in [7, 11) is 1.35. The van der Waals surface area contributed by atoms with Gasteiger partial charge in [-0.1, -0.05) is 4.68 Å². The van der Waals surface area contributed by atoms with Crippen molar-refractivity contribution in [2.75, 3.05) is 13.0 Å². The monoisotopic (exact) mass is 193 g/mol. The first-order valence-electron chi connectivity index (χ1n) is 3.37. The van der Waals surface area contributed by atoms with Crippen LogP contribution in [0, 0.1) is 0 Å². The normalized spacial score (nSPS) is 11.4. The molecule has 1 aromatic heterocycles. The van der Waals surface area contributed by atoms with Crippen molar-refractivity contribution < 1.29 is 22.6 Å². The first-order valence-corrected chi connectivity index (χ1v) is 3.37. The highest BCUT2D eigenvalue weighted by Crippen LogP contribution is 2.26. The highest BCUT2D eigenvalue weighted by molar-refractivity contribution is 5.16. The van der Waals surface area contributed by atoms with Crippen LogP contribution in [-0.4, -0.2) is 7.11 Å². The number of methoxy groups -OCH3 is 1. The molecule has 2 N–H and O–H groups in total. The fraction of sp³-hybridized carbons (Fsp3) is 0.286. The van der Waals surface area contributed by atoms with Crippen molar-refractivity contribution in [3.05, 3.63) is 24.0 Å². The van der Waals surface area contributed by atoms with E-state index in [4.69, 9.17) is 10.6 Å². The Hall–Kier alpha value is -1.46. The number of nitrogen functional groups attached to an aromatic ring is 1. The van der Waals surface area contributed by atoms with Crippen molar-refractivity contribution in [1.82, 2.24) is 0 Å². The standard InChI is InChI=1S/C7H8F3N2O/c1-13-5-2-3-6(7(8,9)10)12(11)4-5/h2-4H,11H2,1H3/q+1. The van der Waals surface area contributed by atoms with E-state index in [1.165, 1.54) is 13.2 Å². The molecule has 3 nitrogen and oxygen atoms in total. The molecule has 0 fully saturated rings. The summed E-state index contributed by atoms with van der Waals surface area (Å²) < 4.78 is 41.6. The van der Waals surface area contributed by atoms with Crippen molar-refractivity contribution in [1.29, 1.82) is 0 Å². The average molecular weight is 193 g/mol. The molecule has 13 heavy (non-hydrogen) atoms. The van der Waals surface area contributed by atoms with Crippen LogP contribution in [-0.2, 0) is 6.18 Å². The van der Waals surface area contributed by atoms with Gasteiger partial charge in [0.2, 0.25) is 6.20 Å². The Kier molecular flexibility index (Phi) is 2.31. The maximum absolute atomic E-state index is 12.1. The van der Waals surface area contributed by atoms with E-state index in [-0.39, 0.29) is 5.75 Å². The third kappa shape index (κ3) is 2.01. The average Bonchev–Trinajstić information content (AvgIpc) is 2.01. The topological polar surface area (TPSA) is 39.1 Å². The van der Waals surface area contributed by atoms with Crippen molar-refractivity contribution in [2.45, 2.75) is 6.18 Å². The van der Waals surface area contributed by atoms with Gasteiger partial charge in [-0.05, 0) is 6.07 Å². The largest absolute Gasteiger partial charge is 0.491 e. The molecular weight excluding hydrogens is 185 g/mol. The zero-order valence-corrected chi connectivity index (χ0v) is 6.80. The van der Waals surface area contributed by atoms with Gasteiger partial charge in [0.1, 0.15) is 0 Å². The number of rotatable bonds is 1. The Morgan fingerprint density at radius 3 is 2.38 bits per heavy atom. The van der Waals surface area contributed by atoms with Gasteiger partial charge in [-0.2, -0.15) is 13.2 Å². The fourth-order valence-electron chi connectivity index (χ4n) is 0.858. The molecule has 1 rings (SSSR count). The molecule has 0 aliphatic heterocycles. The molecule has 6 heteroatoms. The molecular formula is C7H8F3N2O+. The molecule has 0 unspecified atom stereocenters. The van der Waals surface area contributed by atoms with Gasteiger partial charge in [-0.15, -0.1) is 0 Å². The molecule has 0 radical (unpaired) electrons. The summed E-state index contributed by atoms with van der Waals surface area (Å²) in [5.41, 5.74) is -0.923. The van der Waals surface area contributed by atoms with E-state index in [2.05, 4.69) is 0 Å². The second-order valence-corrected chi connectivity index (χ2v) is 2.36. The molecule has 0 aliphatic rings. The molecule has 0 saturated heterocycles. The number of nitrogens with two attached hydrogens (primary N) is 1. The predicted octanol–water partition coefficient (Wildman–Crippen LogP) is 0.715. The zero-order valence-electron chi connectivity index (χ0n) is 6.80. The fourth-order valence-corrected chi connectivity index (χ4v) is 0.858. The number of alkyl halides is 3. The Morgan fingerprint density at radius 1 is 1.38 bits per heavy atom. The first kappa shape index (κ1) is 9.63. The minimum Gasteiger partial charge on any atom is -0.491 e. The van der Waals surface area contributed by atoms with Gasteiger partial charge < -0.3 is 4.74 Å². The summed E-state index contributed by atoms with van der Waals surface area (Å²) >= 11 is 0. The minimum absolute atomic E-state index is 0.274. The number of hydrogen-bond acceptors (Lipinski definition) is 2. The Bertz CT molecular complexity index is 311. The van der Waals surface area contributed by atoms with E-state index in [9.17, 15) is 13.2 Å². The van der Waals surface area contributed by atoms with Crippen molar-refractivity contribution in [3.8, 4) is 5.75 Å². The number of nitrogens with zero attached hydrogens (tertiary/aromatic N) is 1. The molecule has 0 aromatic carbocycles. The maximum Gasteiger partial charge on any atom is 0.480 e. The summed E-state index contributed by atoms with van der Waals surface area (Å²) in [4.78, 5) is 0. The van der Waals surface area contributed by atoms with E-state index < -0.39 is 11.9 Å². The lowest BCUT2D eigenvalue weighted by molar-refractivity contribution is -0.660. The summed E-state index contributed by atoms with van der Waals surface area (Å²) in [6.07, 6.45) is -3.39. The highest BCUT2D eigenvalue weighted by atomic mass is 19.4. The van der Waals surface area contributed by atoms with Crippen LogP contribution < -0.4 is 15.3 Å². The van der Waals surface area contributed by atoms with Crippen LogP contribution in [0.25, 0.3) is 0 Å². The quantitative estimate of drug-likeness (QED) is 0.527. The molecule has 0 atom stereocenters. The minimum atomic E-state index is -4.44. The SMILES string of the molecule is COc1ccc(C(F)(F)F)[n+](N)c1. The Labute approximate surface area is 72.5 Å². The van der Waals surface area contributed by atoms with E-state index in [0.717, 1.165) is 12.3 Å². The molecule has 0 spiro atoms. The van der Waals surface area contributed by atoms with Gasteiger partial charge in [0.25, 0.3) is 0 Å². The summed E-state index contributed by atoms with van der Waals surface area (Å²) in [5, 5.41) is 0. The lowest BCUT2D eigenvalue weighted by Gasteiger charge is -2.03. The van der Waals surface area contributed by atoms with E-state index in [0.29, 0.717) is 4.68 Å². The number of hydrogen-bond donors (Lipinski definition) is 1. The lowest BCUT2D eigenvalue weighted by Crippen LogP contribution is -2.50. The summed E-state index contributed by atoms with van der Waals surface area (Å²) in [5.74, 6) is 5.37. The van der Waals surface area contributed by atoms with E-state index in [1.54, 1.807) is 0 Å². The second kappa shape index (κ2) is 3.12. The first-order chi connectivity index (χ1) is 5.95. The zero-order chi connectivity index (χ0) is 10.1. The third-order valence-corrected chi connectivity index (χ3v) is 1.48. The van der Waals surface area contributed by atoms with Crippen molar-refractivity contribution in [2.24, 2.45) is 0 Å². The molecule has 1 heterocycles. The smallest absolute Gasteiger partial charge is 0.480 e. The number of pyridine rings is 1. The molecule has 1 aromatic rings. The molecule has 72 valence electrons. The van der Waals surface area contributed by atoms with Gasteiger partial charge in [0.05, 0.1) is 7.11 Å². The number of halogens is 3. The molecule has 0 bridgehead atoms. The lowest BCUT2D eigenvalue weighted by atomic mass is 10.3. The third-order valence-electron chi connectivity index (χ3n) is 1.48. The van der Waals surface area contributed by atoms with Crippen LogP contribution >= 0.6 is 0 Å². The second-order valence-electron chi connectivity index (χ2n) is 2.36. The van der Waals surface area contributed by atoms with Gasteiger partial charge in [0.15, 0.2) is 5.75 Å². The van der Waals surface area contributed by atoms with Crippen LogP contribution in [0.5, 0.6) is 5.75 Å². The van der Waals surface area contributed by atoms with Gasteiger partial charge in [-0.3, -0.25) is 0 Å². The van der Waals surface area contributed by atoms with Crippen LogP contribution in [0.3, 0.4) is 0 Å². The molecule has 0 amide bonds. The van der Waals surface area contributed by atoms with Gasteiger partial charge in [0, 0.05) is 6.07 Å². The maximum atomic E-state index is 12.1. The highest BCUT2D eigenvalue weighted by Gasteiger charge is 2.40. The van der Waals surface area contributed by atoms with Crippen LogP contribution in [0.2, 0.25) is 0 Å². The number of aromatic nitrogens is 1. The Morgan fingerprint density at radius 2 is 2.00 bits per heavy atom. The van der Waals surface area contributed by atoms with Gasteiger partial charge >= 0.3 is 11.9 Å². The van der Waals surface area contributed by atoms with Crippen LogP contribution in [0.1, 0.15) is 5.69 Å².